The maximum atomic E-state index is 12.0. The summed E-state index contributed by atoms with van der Waals surface area (Å²) in [6, 6.07) is 9.88. The van der Waals surface area contributed by atoms with E-state index in [0.717, 1.165) is 5.56 Å². The minimum atomic E-state index is -4.43. The number of hydrogen-bond acceptors (Lipinski definition) is 4. The van der Waals surface area contributed by atoms with Crippen LogP contribution in [0, 0.1) is 0 Å². The lowest BCUT2D eigenvalue weighted by atomic mass is 10.1. The van der Waals surface area contributed by atoms with Gasteiger partial charge in [0.2, 0.25) is 5.88 Å². The third-order valence-corrected chi connectivity index (χ3v) is 3.06. The van der Waals surface area contributed by atoms with Gasteiger partial charge in [0.25, 0.3) is 5.91 Å². The summed E-state index contributed by atoms with van der Waals surface area (Å²) in [7, 11) is 0. The highest BCUT2D eigenvalue weighted by Crippen LogP contribution is 2.17. The lowest BCUT2D eigenvalue weighted by Gasteiger charge is -2.09. The maximum absolute atomic E-state index is 12.0. The van der Waals surface area contributed by atoms with E-state index in [0.29, 0.717) is 18.7 Å². The van der Waals surface area contributed by atoms with Crippen molar-refractivity contribution in [2.24, 2.45) is 0 Å². The number of amides is 1. The molecule has 0 saturated heterocycles. The van der Waals surface area contributed by atoms with Crippen LogP contribution in [0.3, 0.4) is 0 Å². The third kappa shape index (κ3) is 5.79. The van der Waals surface area contributed by atoms with Crippen molar-refractivity contribution in [2.75, 3.05) is 18.9 Å². The molecule has 2 rings (SSSR count). The smallest absolute Gasteiger partial charge is 0.422 e. The zero-order chi connectivity index (χ0) is 17.6. The second kappa shape index (κ2) is 7.67. The molecule has 3 N–H and O–H groups in total. The van der Waals surface area contributed by atoms with Crippen molar-refractivity contribution in [1.82, 2.24) is 10.3 Å². The van der Waals surface area contributed by atoms with E-state index in [-0.39, 0.29) is 17.4 Å². The van der Waals surface area contributed by atoms with Gasteiger partial charge >= 0.3 is 6.18 Å². The summed E-state index contributed by atoms with van der Waals surface area (Å²) >= 11 is 0. The van der Waals surface area contributed by atoms with E-state index in [2.05, 4.69) is 15.0 Å². The van der Waals surface area contributed by atoms with Crippen LogP contribution in [0.5, 0.6) is 5.88 Å². The summed E-state index contributed by atoms with van der Waals surface area (Å²) in [5.41, 5.74) is 7.52. The number of benzene rings is 1. The molecule has 128 valence electrons. The van der Waals surface area contributed by atoms with Crippen molar-refractivity contribution < 1.29 is 22.7 Å². The molecule has 1 aromatic carbocycles. The molecule has 0 fully saturated rings. The third-order valence-electron chi connectivity index (χ3n) is 3.06. The molecular formula is C16H16F3N3O2. The summed E-state index contributed by atoms with van der Waals surface area (Å²) in [4.78, 5) is 15.6. The fourth-order valence-electron chi connectivity index (χ4n) is 1.86. The number of rotatable bonds is 6. The zero-order valence-corrected chi connectivity index (χ0v) is 12.6. The van der Waals surface area contributed by atoms with E-state index >= 15 is 0 Å². The van der Waals surface area contributed by atoms with Crippen LogP contribution in [0.15, 0.2) is 42.6 Å². The highest BCUT2D eigenvalue weighted by molar-refractivity contribution is 5.93. The van der Waals surface area contributed by atoms with Gasteiger partial charge in [-0.15, -0.1) is 0 Å². The highest BCUT2D eigenvalue weighted by Gasteiger charge is 2.28. The van der Waals surface area contributed by atoms with E-state index in [1.54, 1.807) is 12.1 Å². The Labute approximate surface area is 136 Å². The molecule has 24 heavy (non-hydrogen) atoms. The number of nitrogen functional groups attached to an aromatic ring is 1. The molecule has 0 radical (unpaired) electrons. The van der Waals surface area contributed by atoms with E-state index in [1.165, 1.54) is 18.3 Å². The average molecular weight is 339 g/mol. The number of nitrogens with two attached hydrogens (primary N) is 1. The van der Waals surface area contributed by atoms with Crippen LogP contribution in [-0.4, -0.2) is 30.2 Å². The molecular weight excluding hydrogens is 323 g/mol. The van der Waals surface area contributed by atoms with Crippen molar-refractivity contribution in [3.63, 3.8) is 0 Å². The largest absolute Gasteiger partial charge is 0.468 e. The Bertz CT molecular complexity index is 670. The standard InChI is InChI=1S/C16H16F3N3O2/c17-16(18,19)10-24-14-6-3-12(9-22-14)15(23)21-8-7-11-1-4-13(20)5-2-11/h1-6,9H,7-8,10,20H2,(H,21,23). The molecule has 0 spiro atoms. The van der Waals surface area contributed by atoms with Gasteiger partial charge in [-0.2, -0.15) is 13.2 Å². The number of nitrogens with zero attached hydrogens (tertiary/aromatic N) is 1. The highest BCUT2D eigenvalue weighted by atomic mass is 19.4. The van der Waals surface area contributed by atoms with E-state index in [1.807, 2.05) is 12.1 Å². The maximum Gasteiger partial charge on any atom is 0.422 e. The van der Waals surface area contributed by atoms with Crippen LogP contribution in [0.1, 0.15) is 15.9 Å². The lowest BCUT2D eigenvalue weighted by Crippen LogP contribution is -2.26. The van der Waals surface area contributed by atoms with Crippen LogP contribution < -0.4 is 15.8 Å². The average Bonchev–Trinajstić information content (AvgIpc) is 2.54. The topological polar surface area (TPSA) is 77.2 Å². The van der Waals surface area contributed by atoms with Gasteiger partial charge in [0.1, 0.15) is 0 Å². The second-order valence-electron chi connectivity index (χ2n) is 5.04. The van der Waals surface area contributed by atoms with Crippen LogP contribution in [-0.2, 0) is 6.42 Å². The monoisotopic (exact) mass is 339 g/mol. The molecule has 0 atom stereocenters. The van der Waals surface area contributed by atoms with Gasteiger partial charge in [-0.05, 0) is 30.2 Å². The van der Waals surface area contributed by atoms with Gasteiger partial charge in [0.15, 0.2) is 6.61 Å². The summed E-state index contributed by atoms with van der Waals surface area (Å²) in [5.74, 6) is -0.550. The number of ether oxygens (including phenoxy) is 1. The number of aromatic nitrogens is 1. The number of pyridine rings is 1. The van der Waals surface area contributed by atoms with Gasteiger partial charge in [-0.25, -0.2) is 4.98 Å². The van der Waals surface area contributed by atoms with Crippen LogP contribution >= 0.6 is 0 Å². The number of carbonyl (C=O) groups excluding carboxylic acids is 1. The van der Waals surface area contributed by atoms with E-state index < -0.39 is 12.8 Å². The van der Waals surface area contributed by atoms with Crippen molar-refractivity contribution in [2.45, 2.75) is 12.6 Å². The van der Waals surface area contributed by atoms with Crippen LogP contribution in [0.25, 0.3) is 0 Å². The Kier molecular flexibility index (Phi) is 5.62. The molecule has 0 aliphatic heterocycles. The fourth-order valence-corrected chi connectivity index (χ4v) is 1.86. The first kappa shape index (κ1) is 17.6. The van der Waals surface area contributed by atoms with Gasteiger partial charge < -0.3 is 15.8 Å². The molecule has 5 nitrogen and oxygen atoms in total. The van der Waals surface area contributed by atoms with Gasteiger partial charge in [-0.3, -0.25) is 4.79 Å². The predicted octanol–water partition coefficient (Wildman–Crippen LogP) is 2.58. The second-order valence-corrected chi connectivity index (χ2v) is 5.04. The number of alkyl halides is 3. The molecule has 1 aromatic heterocycles. The number of hydrogen-bond donors (Lipinski definition) is 2. The van der Waals surface area contributed by atoms with Crippen molar-refractivity contribution in [3.8, 4) is 5.88 Å². The van der Waals surface area contributed by atoms with Crippen molar-refractivity contribution in [1.29, 1.82) is 0 Å². The Morgan fingerprint density at radius 1 is 1.17 bits per heavy atom. The minimum absolute atomic E-state index is 0.189. The SMILES string of the molecule is Nc1ccc(CCNC(=O)c2ccc(OCC(F)(F)F)nc2)cc1. The minimum Gasteiger partial charge on any atom is -0.468 e. The van der Waals surface area contributed by atoms with E-state index in [9.17, 15) is 18.0 Å². The Morgan fingerprint density at radius 3 is 2.46 bits per heavy atom. The molecule has 2 aromatic rings. The van der Waals surface area contributed by atoms with Gasteiger partial charge in [0.05, 0.1) is 5.56 Å². The summed E-state index contributed by atoms with van der Waals surface area (Å²) in [5, 5.41) is 2.71. The number of nitrogens with one attached hydrogen (secondary N) is 1. The number of anilines is 1. The van der Waals surface area contributed by atoms with Gasteiger partial charge in [0, 0.05) is 24.5 Å². The van der Waals surface area contributed by atoms with E-state index in [4.69, 9.17) is 5.73 Å². The first-order valence-corrected chi connectivity index (χ1v) is 7.12. The lowest BCUT2D eigenvalue weighted by molar-refractivity contribution is -0.154. The van der Waals surface area contributed by atoms with Crippen LogP contribution in [0.2, 0.25) is 0 Å². The predicted molar refractivity (Wildman–Crippen MR) is 82.7 cm³/mol. The van der Waals surface area contributed by atoms with Gasteiger partial charge in [-0.1, -0.05) is 12.1 Å². The Morgan fingerprint density at radius 2 is 1.88 bits per heavy atom. The molecule has 0 bridgehead atoms. The molecule has 1 amide bonds. The normalized spacial score (nSPS) is 11.1. The Hall–Kier alpha value is -2.77. The molecule has 8 heteroatoms. The molecule has 0 aliphatic rings. The molecule has 0 aliphatic carbocycles. The van der Waals surface area contributed by atoms with Crippen molar-refractivity contribution in [3.05, 3.63) is 53.7 Å². The molecule has 0 saturated carbocycles. The first-order chi connectivity index (χ1) is 11.3. The quantitative estimate of drug-likeness (QED) is 0.793. The molecule has 0 unspecified atom stereocenters. The molecule has 1 heterocycles. The summed E-state index contributed by atoms with van der Waals surface area (Å²) in [6.45, 7) is -1.01. The van der Waals surface area contributed by atoms with Crippen molar-refractivity contribution >= 4 is 11.6 Å². The van der Waals surface area contributed by atoms with Crippen LogP contribution in [0.4, 0.5) is 18.9 Å². The number of halogens is 3. The Balaban J connectivity index is 1.80. The fraction of sp³-hybridized carbons (Fsp3) is 0.250. The summed E-state index contributed by atoms with van der Waals surface area (Å²) in [6.07, 6.45) is -2.63. The zero-order valence-electron chi connectivity index (χ0n) is 12.6. The number of carbonyl (C=O) groups is 1. The summed E-state index contributed by atoms with van der Waals surface area (Å²) < 4.78 is 40.6. The first-order valence-electron chi connectivity index (χ1n) is 7.12.